The van der Waals surface area contributed by atoms with Gasteiger partial charge in [0.05, 0.1) is 11.1 Å². The summed E-state index contributed by atoms with van der Waals surface area (Å²) < 4.78 is 0. The molecule has 0 saturated heterocycles. The summed E-state index contributed by atoms with van der Waals surface area (Å²) >= 11 is 0. The van der Waals surface area contributed by atoms with Crippen LogP contribution in [0, 0.1) is 10.1 Å². The maximum Gasteiger partial charge on any atom is 0.269 e. The van der Waals surface area contributed by atoms with Crippen LogP contribution in [0.15, 0.2) is 72.1 Å². The minimum atomic E-state index is -0.443. The lowest BCUT2D eigenvalue weighted by molar-refractivity contribution is -0.384. The van der Waals surface area contributed by atoms with Crippen LogP contribution in [0.3, 0.4) is 0 Å². The van der Waals surface area contributed by atoms with Crippen molar-refractivity contribution in [1.82, 2.24) is 9.97 Å². The summed E-state index contributed by atoms with van der Waals surface area (Å²) in [6.45, 7) is 0. The molecule has 0 aliphatic rings. The highest BCUT2D eigenvalue weighted by Crippen LogP contribution is 2.17. The summed E-state index contributed by atoms with van der Waals surface area (Å²) in [6, 6.07) is 15.9. The molecule has 24 heavy (non-hydrogen) atoms. The molecule has 0 aliphatic carbocycles. The summed E-state index contributed by atoms with van der Waals surface area (Å²) in [5.74, 6) is 0.368. The van der Waals surface area contributed by atoms with Gasteiger partial charge in [-0.15, -0.1) is 0 Å². The number of nitrogens with zero attached hydrogens (tertiary/aromatic N) is 4. The SMILES string of the molecule is O=[N+]([O-])c1ccc(/C=N\Nc2ncc(-c3ccccc3)cn2)cc1. The molecule has 1 heterocycles. The Morgan fingerprint density at radius 3 is 2.25 bits per heavy atom. The fourth-order valence-corrected chi connectivity index (χ4v) is 2.01. The Morgan fingerprint density at radius 2 is 1.62 bits per heavy atom. The van der Waals surface area contributed by atoms with Crippen molar-refractivity contribution in [3.05, 3.63) is 82.7 Å². The van der Waals surface area contributed by atoms with E-state index in [1.165, 1.54) is 18.3 Å². The summed E-state index contributed by atoms with van der Waals surface area (Å²) in [7, 11) is 0. The monoisotopic (exact) mass is 319 g/mol. The maximum absolute atomic E-state index is 10.6. The third-order valence-corrected chi connectivity index (χ3v) is 3.24. The molecule has 0 unspecified atom stereocenters. The van der Waals surface area contributed by atoms with E-state index in [0.29, 0.717) is 5.95 Å². The van der Waals surface area contributed by atoms with Crippen LogP contribution in [-0.4, -0.2) is 21.1 Å². The number of anilines is 1. The highest BCUT2D eigenvalue weighted by atomic mass is 16.6. The van der Waals surface area contributed by atoms with Crippen molar-refractivity contribution in [2.75, 3.05) is 5.43 Å². The zero-order chi connectivity index (χ0) is 16.8. The molecule has 0 amide bonds. The van der Waals surface area contributed by atoms with Gasteiger partial charge in [-0.05, 0) is 23.3 Å². The standard InChI is InChI=1S/C17H13N5O2/c23-22(24)16-8-6-13(7-9-16)10-20-21-17-18-11-15(12-19-17)14-4-2-1-3-5-14/h1-12H,(H,18,19,21)/b20-10-. The van der Waals surface area contributed by atoms with Gasteiger partial charge >= 0.3 is 0 Å². The predicted molar refractivity (Wildman–Crippen MR) is 91.8 cm³/mol. The third kappa shape index (κ3) is 3.77. The molecule has 1 N–H and O–H groups in total. The van der Waals surface area contributed by atoms with Crippen LogP contribution < -0.4 is 5.43 Å². The molecule has 0 spiro atoms. The minimum absolute atomic E-state index is 0.0416. The predicted octanol–water partition coefficient (Wildman–Crippen LogP) is 3.50. The van der Waals surface area contributed by atoms with E-state index >= 15 is 0 Å². The number of nitro groups is 1. The Kier molecular flexibility index (Phi) is 4.52. The first-order chi connectivity index (χ1) is 11.7. The molecule has 0 fully saturated rings. The zero-order valence-electron chi connectivity index (χ0n) is 12.5. The fourth-order valence-electron chi connectivity index (χ4n) is 2.01. The summed E-state index contributed by atoms with van der Waals surface area (Å²) in [5, 5.41) is 14.6. The van der Waals surface area contributed by atoms with Crippen molar-refractivity contribution >= 4 is 17.9 Å². The Bertz CT molecular complexity index is 846. The molecular formula is C17H13N5O2. The fraction of sp³-hybridized carbons (Fsp3) is 0. The first kappa shape index (κ1) is 15.3. The molecule has 0 aliphatic heterocycles. The molecule has 0 atom stereocenters. The van der Waals surface area contributed by atoms with Gasteiger partial charge in [0.2, 0.25) is 5.95 Å². The molecule has 7 nitrogen and oxygen atoms in total. The number of aromatic nitrogens is 2. The van der Waals surface area contributed by atoms with E-state index in [1.54, 1.807) is 24.5 Å². The van der Waals surface area contributed by atoms with Crippen LogP contribution in [0.5, 0.6) is 0 Å². The molecule has 3 rings (SSSR count). The number of nitrogens with one attached hydrogen (secondary N) is 1. The van der Waals surface area contributed by atoms with Gasteiger partial charge in [-0.3, -0.25) is 10.1 Å². The van der Waals surface area contributed by atoms with Crippen molar-refractivity contribution in [3.63, 3.8) is 0 Å². The molecule has 0 radical (unpaired) electrons. The Morgan fingerprint density at radius 1 is 0.958 bits per heavy atom. The van der Waals surface area contributed by atoms with E-state index in [0.717, 1.165) is 16.7 Å². The van der Waals surface area contributed by atoms with Gasteiger partial charge in [-0.1, -0.05) is 30.3 Å². The second kappa shape index (κ2) is 7.10. The van der Waals surface area contributed by atoms with Crippen LogP contribution in [0.2, 0.25) is 0 Å². The number of benzene rings is 2. The number of hydrogen-bond donors (Lipinski definition) is 1. The second-order valence-electron chi connectivity index (χ2n) is 4.88. The lowest BCUT2D eigenvalue weighted by atomic mass is 10.1. The molecule has 118 valence electrons. The lowest BCUT2D eigenvalue weighted by Crippen LogP contribution is -1.97. The molecular weight excluding hydrogens is 306 g/mol. The van der Waals surface area contributed by atoms with Crippen LogP contribution in [0.4, 0.5) is 11.6 Å². The first-order valence-electron chi connectivity index (χ1n) is 7.13. The van der Waals surface area contributed by atoms with Crippen LogP contribution >= 0.6 is 0 Å². The molecule has 1 aromatic heterocycles. The molecule has 2 aromatic carbocycles. The zero-order valence-corrected chi connectivity index (χ0v) is 12.5. The van der Waals surface area contributed by atoms with E-state index < -0.39 is 4.92 Å². The number of non-ortho nitro benzene ring substituents is 1. The summed E-state index contributed by atoms with van der Waals surface area (Å²) in [5.41, 5.74) is 5.45. The van der Waals surface area contributed by atoms with Crippen LogP contribution in [0.1, 0.15) is 5.56 Å². The Hall–Kier alpha value is -3.61. The van der Waals surface area contributed by atoms with E-state index in [1.807, 2.05) is 30.3 Å². The van der Waals surface area contributed by atoms with Gasteiger partial charge in [0.25, 0.3) is 5.69 Å². The molecule has 0 bridgehead atoms. The molecule has 7 heteroatoms. The van der Waals surface area contributed by atoms with Crippen molar-refractivity contribution in [2.45, 2.75) is 0 Å². The Balaban J connectivity index is 1.63. The lowest BCUT2D eigenvalue weighted by Gasteiger charge is -2.02. The van der Waals surface area contributed by atoms with E-state index in [-0.39, 0.29) is 5.69 Å². The van der Waals surface area contributed by atoms with E-state index in [4.69, 9.17) is 0 Å². The molecule has 3 aromatic rings. The van der Waals surface area contributed by atoms with Crippen molar-refractivity contribution < 1.29 is 4.92 Å². The smallest absolute Gasteiger partial charge is 0.258 e. The average molecular weight is 319 g/mol. The van der Waals surface area contributed by atoms with Crippen LogP contribution in [0.25, 0.3) is 11.1 Å². The number of hydrogen-bond acceptors (Lipinski definition) is 6. The number of hydrazone groups is 1. The average Bonchev–Trinajstić information content (AvgIpc) is 2.63. The first-order valence-corrected chi connectivity index (χ1v) is 7.13. The maximum atomic E-state index is 10.6. The normalized spacial score (nSPS) is 10.7. The van der Waals surface area contributed by atoms with Gasteiger partial charge < -0.3 is 0 Å². The second-order valence-corrected chi connectivity index (χ2v) is 4.88. The van der Waals surface area contributed by atoms with Gasteiger partial charge in [0.1, 0.15) is 0 Å². The number of rotatable bonds is 5. The highest BCUT2D eigenvalue weighted by molar-refractivity contribution is 5.80. The topological polar surface area (TPSA) is 93.3 Å². The van der Waals surface area contributed by atoms with Gasteiger partial charge in [-0.2, -0.15) is 5.10 Å². The van der Waals surface area contributed by atoms with E-state index in [9.17, 15) is 10.1 Å². The van der Waals surface area contributed by atoms with Crippen molar-refractivity contribution in [1.29, 1.82) is 0 Å². The summed E-state index contributed by atoms with van der Waals surface area (Å²) in [4.78, 5) is 18.5. The third-order valence-electron chi connectivity index (χ3n) is 3.24. The number of nitro benzene ring substituents is 1. The van der Waals surface area contributed by atoms with Gasteiger partial charge in [-0.25, -0.2) is 15.4 Å². The van der Waals surface area contributed by atoms with Crippen LogP contribution in [-0.2, 0) is 0 Å². The molecule has 0 saturated carbocycles. The Labute approximate surface area is 137 Å². The minimum Gasteiger partial charge on any atom is -0.258 e. The highest BCUT2D eigenvalue weighted by Gasteiger charge is 2.02. The van der Waals surface area contributed by atoms with Gasteiger partial charge in [0.15, 0.2) is 0 Å². The van der Waals surface area contributed by atoms with E-state index in [2.05, 4.69) is 20.5 Å². The largest absolute Gasteiger partial charge is 0.269 e. The quantitative estimate of drug-likeness (QED) is 0.441. The van der Waals surface area contributed by atoms with Crippen molar-refractivity contribution in [3.8, 4) is 11.1 Å². The summed E-state index contributed by atoms with van der Waals surface area (Å²) in [6.07, 6.45) is 4.97. The van der Waals surface area contributed by atoms with Gasteiger partial charge in [0, 0.05) is 30.1 Å². The van der Waals surface area contributed by atoms with Crippen molar-refractivity contribution in [2.24, 2.45) is 5.10 Å².